The predicted molar refractivity (Wildman–Crippen MR) is 65.0 cm³/mol. The lowest BCUT2D eigenvalue weighted by molar-refractivity contribution is -0.110. The molecule has 0 atom stereocenters. The lowest BCUT2D eigenvalue weighted by Crippen LogP contribution is -2.39. The molecule has 15 heavy (non-hydrogen) atoms. The summed E-state index contributed by atoms with van der Waals surface area (Å²) >= 11 is 16.5. The average molecular weight is 264 g/mol. The number of rotatable bonds is 3. The van der Waals surface area contributed by atoms with E-state index in [1.165, 1.54) is 0 Å². The van der Waals surface area contributed by atoms with Gasteiger partial charge in [-0.2, -0.15) is 0 Å². The summed E-state index contributed by atoms with van der Waals surface area (Å²) < 4.78 is 0. The molecule has 1 aromatic carbocycles. The number of amides is 1. The second kappa shape index (κ2) is 5.75. The first kappa shape index (κ1) is 12.0. The maximum atomic E-state index is 9.97. The summed E-state index contributed by atoms with van der Waals surface area (Å²) in [5, 5.41) is 4.00. The van der Waals surface area contributed by atoms with Gasteiger partial charge in [-0.05, 0) is 30.4 Å². The van der Waals surface area contributed by atoms with E-state index < -0.39 is 0 Å². The first-order valence-electron chi connectivity index (χ1n) is 3.84. The zero-order valence-electron chi connectivity index (χ0n) is 7.38. The fraction of sp³-hybridized carbons (Fsp3) is 0. The number of anilines is 1. The Labute approximate surface area is 102 Å². The van der Waals surface area contributed by atoms with Gasteiger partial charge >= 0.3 is 0 Å². The third-order valence-corrected chi connectivity index (χ3v) is 2.19. The highest BCUT2D eigenvalue weighted by Crippen LogP contribution is 2.25. The van der Waals surface area contributed by atoms with Crippen LogP contribution in [0, 0.1) is 0 Å². The number of benzene rings is 1. The highest BCUT2D eigenvalue weighted by atomic mass is 35.5. The van der Waals surface area contributed by atoms with Crippen molar-refractivity contribution in [3.8, 4) is 0 Å². The van der Waals surface area contributed by atoms with Crippen LogP contribution >= 0.6 is 35.4 Å². The second-order valence-corrected chi connectivity index (χ2v) is 3.72. The maximum absolute atomic E-state index is 9.97. The lowest BCUT2D eigenvalue weighted by atomic mass is 10.3. The number of hydrazine groups is 1. The molecule has 0 fully saturated rings. The van der Waals surface area contributed by atoms with Crippen molar-refractivity contribution < 1.29 is 4.79 Å². The standard InChI is InChI=1S/C8H7Cl2N3OS/c9-5-1-2-6(10)7(3-5)12-8(15)13-11-4-14/h1-4H,(H,11,14)(H2,12,13,15). The van der Waals surface area contributed by atoms with E-state index in [1.54, 1.807) is 18.2 Å². The zero-order valence-corrected chi connectivity index (χ0v) is 9.71. The Morgan fingerprint density at radius 2 is 2.13 bits per heavy atom. The summed E-state index contributed by atoms with van der Waals surface area (Å²) in [6.07, 6.45) is 0.466. The molecule has 3 N–H and O–H groups in total. The van der Waals surface area contributed by atoms with Crippen LogP contribution in [0.25, 0.3) is 0 Å². The van der Waals surface area contributed by atoms with Crippen LogP contribution in [0.4, 0.5) is 5.69 Å². The molecule has 0 aromatic heterocycles. The van der Waals surface area contributed by atoms with Gasteiger partial charge in [-0.25, -0.2) is 0 Å². The van der Waals surface area contributed by atoms with Gasteiger partial charge in [0, 0.05) is 5.02 Å². The van der Waals surface area contributed by atoms with Crippen molar-refractivity contribution in [2.24, 2.45) is 0 Å². The van der Waals surface area contributed by atoms with Crippen LogP contribution in [0.5, 0.6) is 0 Å². The van der Waals surface area contributed by atoms with E-state index in [-0.39, 0.29) is 5.11 Å². The Hall–Kier alpha value is -1.04. The Kier molecular flexibility index (Phi) is 4.61. The number of thiocarbonyl (C=S) groups is 1. The van der Waals surface area contributed by atoms with Crippen LogP contribution < -0.4 is 16.2 Å². The van der Waals surface area contributed by atoms with E-state index >= 15 is 0 Å². The van der Waals surface area contributed by atoms with Gasteiger partial charge in [-0.1, -0.05) is 23.2 Å². The van der Waals surface area contributed by atoms with Gasteiger partial charge in [0.25, 0.3) is 0 Å². The molecular formula is C8H7Cl2N3OS. The van der Waals surface area contributed by atoms with Crippen molar-refractivity contribution >= 4 is 52.6 Å². The molecule has 0 aliphatic heterocycles. The van der Waals surface area contributed by atoms with Gasteiger partial charge in [-0.15, -0.1) is 0 Å². The van der Waals surface area contributed by atoms with E-state index in [4.69, 9.17) is 35.4 Å². The number of hydrogen-bond donors (Lipinski definition) is 3. The minimum absolute atomic E-state index is 0.214. The summed E-state index contributed by atoms with van der Waals surface area (Å²) in [5.74, 6) is 0. The minimum Gasteiger partial charge on any atom is -0.330 e. The first-order valence-corrected chi connectivity index (χ1v) is 5.01. The van der Waals surface area contributed by atoms with Crippen LogP contribution in [0.3, 0.4) is 0 Å². The summed E-state index contributed by atoms with van der Waals surface area (Å²) in [4.78, 5) is 9.97. The van der Waals surface area contributed by atoms with Crippen molar-refractivity contribution in [3.05, 3.63) is 28.2 Å². The Morgan fingerprint density at radius 3 is 2.80 bits per heavy atom. The van der Waals surface area contributed by atoms with E-state index in [1.807, 2.05) is 0 Å². The molecule has 0 radical (unpaired) electrons. The molecule has 0 aliphatic rings. The Balaban J connectivity index is 2.67. The van der Waals surface area contributed by atoms with Crippen molar-refractivity contribution in [2.75, 3.05) is 5.32 Å². The Bertz CT molecular complexity index is 386. The maximum Gasteiger partial charge on any atom is 0.225 e. The monoisotopic (exact) mass is 263 g/mol. The largest absolute Gasteiger partial charge is 0.330 e. The summed E-state index contributed by atoms with van der Waals surface area (Å²) in [6, 6.07) is 4.93. The van der Waals surface area contributed by atoms with Crippen LogP contribution in [-0.4, -0.2) is 11.5 Å². The molecule has 0 spiro atoms. The van der Waals surface area contributed by atoms with Crippen molar-refractivity contribution in [3.63, 3.8) is 0 Å². The van der Waals surface area contributed by atoms with Crippen molar-refractivity contribution in [1.29, 1.82) is 0 Å². The quantitative estimate of drug-likeness (QED) is 0.443. The number of carbonyl (C=O) groups is 1. The van der Waals surface area contributed by atoms with Crippen molar-refractivity contribution in [2.45, 2.75) is 0 Å². The van der Waals surface area contributed by atoms with Crippen LogP contribution in [0.2, 0.25) is 10.0 Å². The summed E-state index contributed by atoms with van der Waals surface area (Å²) in [7, 11) is 0. The zero-order chi connectivity index (χ0) is 11.3. The van der Waals surface area contributed by atoms with E-state index in [0.717, 1.165) is 0 Å². The molecule has 1 amide bonds. The van der Waals surface area contributed by atoms with Crippen molar-refractivity contribution in [1.82, 2.24) is 10.9 Å². The molecule has 4 nitrogen and oxygen atoms in total. The molecule has 0 heterocycles. The topological polar surface area (TPSA) is 53.2 Å². The highest BCUT2D eigenvalue weighted by molar-refractivity contribution is 7.80. The van der Waals surface area contributed by atoms with Gasteiger partial charge in [0.1, 0.15) is 0 Å². The van der Waals surface area contributed by atoms with E-state index in [9.17, 15) is 4.79 Å². The SMILES string of the molecule is O=CNNC(=S)Nc1cc(Cl)ccc1Cl. The van der Waals surface area contributed by atoms with Crippen LogP contribution in [0.1, 0.15) is 0 Å². The third kappa shape index (κ3) is 3.91. The normalized spacial score (nSPS) is 9.20. The predicted octanol–water partition coefficient (Wildman–Crippen LogP) is 1.94. The molecule has 80 valence electrons. The van der Waals surface area contributed by atoms with Gasteiger partial charge < -0.3 is 5.32 Å². The molecule has 0 aliphatic carbocycles. The first-order chi connectivity index (χ1) is 7.13. The summed E-state index contributed by atoms with van der Waals surface area (Å²) in [6.45, 7) is 0. The molecule has 0 saturated heterocycles. The third-order valence-electron chi connectivity index (χ3n) is 1.42. The summed E-state index contributed by atoms with van der Waals surface area (Å²) in [5.41, 5.74) is 5.18. The van der Waals surface area contributed by atoms with Gasteiger partial charge in [0.15, 0.2) is 5.11 Å². The minimum atomic E-state index is 0.214. The fourth-order valence-corrected chi connectivity index (χ4v) is 1.35. The van der Waals surface area contributed by atoms with Crippen LogP contribution in [0.15, 0.2) is 18.2 Å². The molecule has 0 bridgehead atoms. The highest BCUT2D eigenvalue weighted by Gasteiger charge is 2.02. The number of nitrogens with one attached hydrogen (secondary N) is 3. The molecule has 7 heteroatoms. The average Bonchev–Trinajstić information content (AvgIpc) is 2.20. The van der Waals surface area contributed by atoms with E-state index in [2.05, 4.69) is 16.2 Å². The lowest BCUT2D eigenvalue weighted by Gasteiger charge is -2.10. The number of carbonyl (C=O) groups excluding carboxylic acids is 1. The molecule has 1 aromatic rings. The number of hydrogen-bond acceptors (Lipinski definition) is 2. The smallest absolute Gasteiger partial charge is 0.225 e. The molecular weight excluding hydrogens is 257 g/mol. The number of halogens is 2. The van der Waals surface area contributed by atoms with E-state index in [0.29, 0.717) is 22.1 Å². The second-order valence-electron chi connectivity index (χ2n) is 2.47. The van der Waals surface area contributed by atoms with Gasteiger partial charge in [-0.3, -0.25) is 15.6 Å². The molecule has 1 rings (SSSR count). The molecule has 0 saturated carbocycles. The molecule has 0 unspecified atom stereocenters. The Morgan fingerprint density at radius 1 is 1.40 bits per heavy atom. The fourth-order valence-electron chi connectivity index (χ4n) is 0.842. The van der Waals surface area contributed by atoms with Gasteiger partial charge in [0.2, 0.25) is 6.41 Å². The van der Waals surface area contributed by atoms with Gasteiger partial charge in [0.05, 0.1) is 10.7 Å². The van der Waals surface area contributed by atoms with Crippen LogP contribution in [-0.2, 0) is 4.79 Å².